The van der Waals surface area contributed by atoms with Gasteiger partial charge in [-0.05, 0) is 155 Å². The van der Waals surface area contributed by atoms with Gasteiger partial charge in [0.05, 0.1) is 35.5 Å². The molecule has 5 fully saturated rings. The molecular weight excluding hydrogens is 1820 g/mol. The first-order valence-electron chi connectivity index (χ1n) is 47.4. The van der Waals surface area contributed by atoms with Gasteiger partial charge < -0.3 is 4.57 Å². The quantitative estimate of drug-likeness (QED) is 0.0574. The molecule has 6 aliphatic rings. The highest BCUT2D eigenvalue weighted by atomic mass is 32.2. The molecule has 137 heavy (non-hydrogen) atoms. The Hall–Kier alpha value is -11.5. The summed E-state index contributed by atoms with van der Waals surface area (Å²) in [6.07, 6.45) is 19.2. The number of aryl methyl sites for hydroxylation is 4. The van der Waals surface area contributed by atoms with E-state index in [9.17, 15) is 52.8 Å². The number of fused-ring (bicyclic) bond motifs is 4. The van der Waals surface area contributed by atoms with Gasteiger partial charge in [0.2, 0.25) is 41.1 Å². The summed E-state index contributed by atoms with van der Waals surface area (Å²) in [4.78, 5) is 100. The van der Waals surface area contributed by atoms with E-state index in [0.29, 0.717) is 190 Å². The summed E-state index contributed by atoms with van der Waals surface area (Å²) in [5, 5.41) is -0.792. The van der Waals surface area contributed by atoms with Crippen molar-refractivity contribution in [3.05, 3.63) is 218 Å². The molecule has 13 aromatic rings. The lowest BCUT2D eigenvalue weighted by Gasteiger charge is -2.61. The summed E-state index contributed by atoms with van der Waals surface area (Å²) in [5.41, 5.74) is 12.8. The number of amides is 1. The third kappa shape index (κ3) is 19.4. The van der Waals surface area contributed by atoms with Crippen LogP contribution in [0.2, 0.25) is 0 Å². The predicted molar refractivity (Wildman–Crippen MR) is 529 cm³/mol. The van der Waals surface area contributed by atoms with Crippen molar-refractivity contribution in [2.75, 3.05) is 57.3 Å². The predicted octanol–water partition coefficient (Wildman–Crippen LogP) is 12.9. The summed E-state index contributed by atoms with van der Waals surface area (Å²) >= 11 is 0. The van der Waals surface area contributed by atoms with Crippen LogP contribution in [0.5, 0.6) is 0 Å². The normalized spacial score (nSPS) is 17.4. The van der Waals surface area contributed by atoms with E-state index in [1.807, 2.05) is 77.7 Å². The van der Waals surface area contributed by atoms with Crippen molar-refractivity contribution >= 4 is 85.3 Å². The number of sulfonamides is 4. The first kappa shape index (κ1) is 98.5. The fraction of sp³-hybridized carbons (Fsp3) is 0.475. The topological polar surface area (TPSA) is 384 Å². The number of aromatic nitrogens is 17. The van der Waals surface area contributed by atoms with Gasteiger partial charge in [0.25, 0.3) is 10.0 Å². The van der Waals surface area contributed by atoms with Crippen LogP contribution in [0.25, 0.3) is 79.0 Å². The number of hydrogen-bond donors (Lipinski definition) is 0. The van der Waals surface area contributed by atoms with Crippen molar-refractivity contribution in [3.63, 3.8) is 0 Å². The van der Waals surface area contributed by atoms with Crippen LogP contribution in [0.3, 0.4) is 0 Å². The molecule has 1 unspecified atom stereocenters. The first-order valence-corrected chi connectivity index (χ1v) is 53.3. The largest absolute Gasteiger partial charge is 0.330 e. The maximum absolute atomic E-state index is 13.1. The molecule has 726 valence electrons. The van der Waals surface area contributed by atoms with Gasteiger partial charge in [-0.25, -0.2) is 102 Å². The molecule has 14 heterocycles. The van der Waals surface area contributed by atoms with Gasteiger partial charge in [-0.2, -0.15) is 8.61 Å². The van der Waals surface area contributed by atoms with Crippen LogP contribution >= 0.6 is 0 Å². The molecular formula is C99H124N22O12S4. The smallest absolute Gasteiger partial charge is 0.324 e. The second-order valence-corrected chi connectivity index (χ2v) is 47.7. The standard InChI is InChI=1S/C26H30N6O3S.C25H31N7O3S.C24H33N5O3S.C24H30N4O3S/c1-18(2)21-8-4-5-9-22(21)24-28-16-23-25(29-24)32(26(33)30(23)3)17-19-10-13-31(14-11-19)36(34,35)20-7-6-12-27-15-20;1-17(2)19-7-5-6-8-20(19)22-27-15-21-23(28-22)32(25(33)30(21)4)16-18-9-12-31(13-10-18)36(34,35)24-26-11-14-29(24)3;1-16(2)19-8-6-7-9-20(19)22-25-14-21-23(26-22)29(24(30)27(21)5)15-18-10-12-28(13-11-18)33(31,32)17(3)4;1-15(2)18-7-5-6-8-19(18)22-25-12-17-11-21(29)28(23(17)26-22)20-9-10-24(20)13-27(14-24)32(30,31)16(3)4/h4-9,12,15-16,18-19H,10-11,13-14,17H2,1-3H3;5-8,11,14-15,17-18H,9-10,12-13,16H2,1-4H3;6-9,14,16-18H,10-13,15H2,1-5H3;5-8,12,15-16,20H,9-11,13-14H2,1-4H3. The van der Waals surface area contributed by atoms with E-state index in [1.54, 1.807) is 141 Å². The summed E-state index contributed by atoms with van der Waals surface area (Å²) in [5.74, 6) is 5.01. The van der Waals surface area contributed by atoms with Gasteiger partial charge in [0, 0.05) is 170 Å². The highest BCUT2D eigenvalue weighted by molar-refractivity contribution is 7.90. The van der Waals surface area contributed by atoms with Gasteiger partial charge in [0.15, 0.2) is 40.2 Å². The van der Waals surface area contributed by atoms with E-state index in [0.717, 1.165) is 64.6 Å². The zero-order chi connectivity index (χ0) is 97.8. The van der Waals surface area contributed by atoms with Gasteiger partial charge in [-0.15, -0.1) is 0 Å². The zero-order valence-electron chi connectivity index (χ0n) is 80.8. The van der Waals surface area contributed by atoms with E-state index in [-0.39, 0.29) is 62.2 Å². The lowest BCUT2D eigenvalue weighted by Crippen LogP contribution is -2.72. The number of rotatable bonds is 23. The Labute approximate surface area is 800 Å². The molecule has 4 aromatic carbocycles. The Bertz CT molecular complexity index is 7360. The number of hydrogen-bond acceptors (Lipinski definition) is 22. The maximum atomic E-state index is 13.1. The number of nitrogens with zero attached hydrogens (tertiary/aromatic N) is 22. The van der Waals surface area contributed by atoms with Gasteiger partial charge in [-0.3, -0.25) is 42.1 Å². The van der Waals surface area contributed by atoms with Crippen molar-refractivity contribution in [1.29, 1.82) is 0 Å². The van der Waals surface area contributed by atoms with Gasteiger partial charge in [0.1, 0.15) is 27.3 Å². The van der Waals surface area contributed by atoms with Crippen LogP contribution < -0.4 is 22.0 Å². The molecule has 1 saturated carbocycles. The van der Waals surface area contributed by atoms with E-state index in [4.69, 9.17) is 19.9 Å². The molecule has 0 N–H and O–H groups in total. The number of imidazole rings is 4. The Morgan fingerprint density at radius 2 is 0.745 bits per heavy atom. The first-order chi connectivity index (χ1) is 65.2. The molecule has 5 aliphatic heterocycles. The SMILES string of the molecule is CC(C)c1ccccc1-c1ncc2c(n1)N(C1CCC13CN(S(=O)(=O)C(C)C)C3)C(=O)C2.CC(C)c1ccccc1-c1ncc2c(n1)n(CC1CCN(S(=O)(=O)C(C)C)CC1)c(=O)n2C.CC(C)c1ccccc1-c1ncc2c(n1)n(CC1CCN(S(=O)(=O)c3cccnc3)CC1)c(=O)n2C.CC(C)c1ccccc1-c1ncc2c(n1)n(CC1CCN(S(=O)(=O)c3nccn3C)CC1)c(=O)n2C. The molecule has 1 spiro atoms. The van der Waals surface area contributed by atoms with E-state index < -0.39 is 50.6 Å². The number of piperidine rings is 3. The summed E-state index contributed by atoms with van der Waals surface area (Å²) in [7, 11) is -6.83. The van der Waals surface area contributed by atoms with Crippen LogP contribution in [0, 0.1) is 23.2 Å². The zero-order valence-corrected chi connectivity index (χ0v) is 84.1. The summed E-state index contributed by atoms with van der Waals surface area (Å²) < 4.78 is 119. The summed E-state index contributed by atoms with van der Waals surface area (Å²) in [6, 6.07) is 35.6. The fourth-order valence-corrected chi connectivity index (χ4v) is 25.6. The van der Waals surface area contributed by atoms with Crippen LogP contribution in [-0.2, 0) is 99.1 Å². The number of benzene rings is 4. The van der Waals surface area contributed by atoms with Gasteiger partial charge in [-0.1, -0.05) is 152 Å². The van der Waals surface area contributed by atoms with Crippen molar-refractivity contribution in [3.8, 4) is 45.6 Å². The molecule has 34 nitrogen and oxygen atoms in total. The lowest BCUT2D eigenvalue weighted by molar-refractivity contribution is -0.121. The Balaban J connectivity index is 0.000000132. The minimum atomic E-state index is -3.64. The molecule has 4 saturated heterocycles. The number of carbonyl (C=O) groups is 1. The Morgan fingerprint density at radius 3 is 1.09 bits per heavy atom. The molecule has 1 amide bonds. The number of carbonyl (C=O) groups excluding carboxylic acids is 1. The van der Waals surface area contributed by atoms with Crippen molar-refractivity contribution in [2.24, 2.45) is 51.4 Å². The highest BCUT2D eigenvalue weighted by Crippen LogP contribution is 2.54. The molecule has 0 bridgehead atoms. The van der Waals surface area contributed by atoms with Crippen molar-refractivity contribution < 1.29 is 38.5 Å². The number of anilines is 1. The van der Waals surface area contributed by atoms with Crippen molar-refractivity contribution in [2.45, 2.75) is 211 Å². The molecule has 1 aliphatic carbocycles. The van der Waals surface area contributed by atoms with Crippen molar-refractivity contribution in [1.82, 2.24) is 99.0 Å². The third-order valence-corrected chi connectivity index (χ3v) is 36.3. The van der Waals surface area contributed by atoms with E-state index in [2.05, 4.69) is 110 Å². The van der Waals surface area contributed by atoms with E-state index >= 15 is 0 Å². The van der Waals surface area contributed by atoms with Crippen LogP contribution in [0.4, 0.5) is 5.82 Å². The number of pyridine rings is 1. The minimum absolute atomic E-state index is 0.00189. The maximum Gasteiger partial charge on any atom is 0.330 e. The minimum Gasteiger partial charge on any atom is -0.324 e. The van der Waals surface area contributed by atoms with Crippen LogP contribution in [-0.4, -0.2) is 208 Å². The fourth-order valence-electron chi connectivity index (χ4n) is 19.8. The third-order valence-electron chi connectivity index (χ3n) is 28.1. The Morgan fingerprint density at radius 1 is 0.387 bits per heavy atom. The monoisotopic (exact) mass is 1940 g/mol. The molecule has 9 aromatic heterocycles. The second kappa shape index (κ2) is 39.8. The molecule has 1 atom stereocenters. The molecule has 0 radical (unpaired) electrons. The van der Waals surface area contributed by atoms with Crippen LogP contribution in [0.15, 0.2) is 183 Å². The Kier molecular flexibility index (Phi) is 28.6. The van der Waals surface area contributed by atoms with Gasteiger partial charge >= 0.3 is 17.1 Å². The summed E-state index contributed by atoms with van der Waals surface area (Å²) in [6.45, 7) is 29.0. The highest BCUT2D eigenvalue weighted by Gasteiger charge is 2.61. The van der Waals surface area contributed by atoms with E-state index in [1.165, 1.54) is 36.7 Å². The molecule has 19 rings (SSSR count). The molecule has 38 heteroatoms. The van der Waals surface area contributed by atoms with Crippen LogP contribution in [0.1, 0.15) is 186 Å². The second-order valence-electron chi connectivity index (χ2n) is 38.9. The average molecular weight is 1940 g/mol. The lowest BCUT2D eigenvalue weighted by atomic mass is 9.60. The average Bonchev–Trinajstić information content (AvgIpc) is 1.69.